The highest BCUT2D eigenvalue weighted by atomic mass is 16.5. The molecule has 33 heavy (non-hydrogen) atoms. The van der Waals surface area contributed by atoms with Crippen molar-refractivity contribution in [1.29, 1.82) is 0 Å². The van der Waals surface area contributed by atoms with Gasteiger partial charge in [-0.05, 0) is 61.7 Å². The van der Waals surface area contributed by atoms with Crippen LogP contribution in [-0.4, -0.2) is 52.9 Å². The number of urea groups is 1. The zero-order valence-electron chi connectivity index (χ0n) is 19.0. The third-order valence-electron chi connectivity index (χ3n) is 5.78. The molecule has 0 bridgehead atoms. The predicted molar refractivity (Wildman–Crippen MR) is 128 cm³/mol. The Morgan fingerprint density at radius 1 is 0.879 bits per heavy atom. The number of nitrogens with zero attached hydrogens (tertiary/aromatic N) is 3. The topological polar surface area (TPSA) is 74.8 Å². The lowest BCUT2D eigenvalue weighted by Crippen LogP contribution is -2.39. The standard InChI is InChI=1S/C26H28N4O3/c1-19-9-11-23(17-20(19)2)33-24-12-10-22(18-27-24)28-26(32)30-14-6-13-29(15-16-30)25(31)21-7-4-3-5-8-21/h3-5,7-12,17-18H,6,13-16H2,1-2H3,(H,28,32). The van der Waals surface area contributed by atoms with Crippen molar-refractivity contribution in [1.82, 2.24) is 14.8 Å². The van der Waals surface area contributed by atoms with Gasteiger partial charge in [0, 0.05) is 37.8 Å². The highest BCUT2D eigenvalue weighted by Gasteiger charge is 2.23. The molecule has 0 atom stereocenters. The van der Waals surface area contributed by atoms with Crippen molar-refractivity contribution >= 4 is 17.6 Å². The Kier molecular flexibility index (Phi) is 6.88. The van der Waals surface area contributed by atoms with Crippen LogP contribution in [-0.2, 0) is 0 Å². The van der Waals surface area contributed by atoms with Crippen LogP contribution < -0.4 is 10.1 Å². The summed E-state index contributed by atoms with van der Waals surface area (Å²) in [6, 6.07) is 18.4. The molecule has 2 heterocycles. The number of hydrogen-bond acceptors (Lipinski definition) is 4. The van der Waals surface area contributed by atoms with Crippen LogP contribution in [0.15, 0.2) is 66.9 Å². The van der Waals surface area contributed by atoms with E-state index in [1.54, 1.807) is 23.2 Å². The minimum atomic E-state index is -0.200. The van der Waals surface area contributed by atoms with Crippen molar-refractivity contribution in [3.8, 4) is 11.6 Å². The highest BCUT2D eigenvalue weighted by Crippen LogP contribution is 2.23. The average molecular weight is 445 g/mol. The van der Waals surface area contributed by atoms with Gasteiger partial charge < -0.3 is 19.9 Å². The Labute approximate surface area is 194 Å². The normalized spacial score (nSPS) is 13.9. The monoisotopic (exact) mass is 444 g/mol. The van der Waals surface area contributed by atoms with Gasteiger partial charge in [0.1, 0.15) is 5.75 Å². The predicted octanol–water partition coefficient (Wildman–Crippen LogP) is 4.87. The molecule has 0 aliphatic carbocycles. The maximum absolute atomic E-state index is 12.8. The average Bonchev–Trinajstić information content (AvgIpc) is 3.09. The van der Waals surface area contributed by atoms with Crippen molar-refractivity contribution in [3.63, 3.8) is 0 Å². The van der Waals surface area contributed by atoms with E-state index in [0.29, 0.717) is 43.3 Å². The maximum Gasteiger partial charge on any atom is 0.321 e. The first-order valence-electron chi connectivity index (χ1n) is 11.1. The zero-order valence-corrected chi connectivity index (χ0v) is 19.0. The fourth-order valence-corrected chi connectivity index (χ4v) is 3.70. The van der Waals surface area contributed by atoms with Gasteiger partial charge in [-0.3, -0.25) is 4.79 Å². The van der Waals surface area contributed by atoms with E-state index in [0.717, 1.165) is 17.7 Å². The Morgan fingerprint density at radius 2 is 1.64 bits per heavy atom. The molecule has 1 aliphatic heterocycles. The Hall–Kier alpha value is -3.87. The molecule has 4 rings (SSSR count). The molecule has 7 heteroatoms. The molecule has 2 aromatic carbocycles. The molecule has 0 spiro atoms. The summed E-state index contributed by atoms with van der Waals surface area (Å²) in [6.07, 6.45) is 2.31. The lowest BCUT2D eigenvalue weighted by atomic mass is 10.1. The van der Waals surface area contributed by atoms with Crippen molar-refractivity contribution in [2.75, 3.05) is 31.5 Å². The van der Waals surface area contributed by atoms with Crippen LogP contribution in [0.5, 0.6) is 11.6 Å². The van der Waals surface area contributed by atoms with Crippen LogP contribution in [0.4, 0.5) is 10.5 Å². The molecule has 7 nitrogen and oxygen atoms in total. The van der Waals surface area contributed by atoms with E-state index < -0.39 is 0 Å². The maximum atomic E-state index is 12.8. The third kappa shape index (κ3) is 5.68. The second-order valence-electron chi connectivity index (χ2n) is 8.16. The SMILES string of the molecule is Cc1ccc(Oc2ccc(NC(=O)N3CCCN(C(=O)c4ccccc4)CC3)cn2)cc1C. The number of aromatic nitrogens is 1. The first-order chi connectivity index (χ1) is 16.0. The largest absolute Gasteiger partial charge is 0.439 e. The van der Waals surface area contributed by atoms with Crippen molar-refractivity contribution < 1.29 is 14.3 Å². The molecule has 0 unspecified atom stereocenters. The van der Waals surface area contributed by atoms with Crippen molar-refractivity contribution in [3.05, 3.63) is 83.6 Å². The second-order valence-corrected chi connectivity index (χ2v) is 8.16. The number of aryl methyl sites for hydroxylation is 2. The van der Waals surface area contributed by atoms with E-state index >= 15 is 0 Å². The van der Waals surface area contributed by atoms with Gasteiger partial charge in [-0.25, -0.2) is 9.78 Å². The summed E-state index contributed by atoms with van der Waals surface area (Å²) in [5.41, 5.74) is 3.62. The second kappa shape index (κ2) is 10.2. The number of nitrogens with one attached hydrogen (secondary N) is 1. The lowest BCUT2D eigenvalue weighted by molar-refractivity contribution is 0.0762. The van der Waals surface area contributed by atoms with Gasteiger partial charge >= 0.3 is 6.03 Å². The molecule has 170 valence electrons. The number of carbonyl (C=O) groups excluding carboxylic acids is 2. The van der Waals surface area contributed by atoms with Crippen LogP contribution in [0.3, 0.4) is 0 Å². The first-order valence-corrected chi connectivity index (χ1v) is 11.1. The minimum absolute atomic E-state index is 0.00131. The molecule has 3 aromatic rings. The van der Waals surface area contributed by atoms with E-state index in [4.69, 9.17) is 4.74 Å². The lowest BCUT2D eigenvalue weighted by Gasteiger charge is -2.22. The minimum Gasteiger partial charge on any atom is -0.439 e. The summed E-state index contributed by atoms with van der Waals surface area (Å²) in [5, 5.41) is 2.89. The highest BCUT2D eigenvalue weighted by molar-refractivity contribution is 5.94. The molecule has 1 aromatic heterocycles. The molecule has 1 saturated heterocycles. The number of pyridine rings is 1. The van der Waals surface area contributed by atoms with Gasteiger partial charge in [0.2, 0.25) is 5.88 Å². The van der Waals surface area contributed by atoms with Crippen LogP contribution in [0.2, 0.25) is 0 Å². The molecule has 1 fully saturated rings. The molecule has 1 aliphatic rings. The van der Waals surface area contributed by atoms with Crippen LogP contribution in [0.1, 0.15) is 27.9 Å². The van der Waals surface area contributed by atoms with E-state index in [1.807, 2.05) is 60.4 Å². The van der Waals surface area contributed by atoms with Gasteiger partial charge in [0.05, 0.1) is 11.9 Å². The summed E-state index contributed by atoms with van der Waals surface area (Å²) in [7, 11) is 0. The van der Waals surface area contributed by atoms with E-state index in [9.17, 15) is 9.59 Å². The number of benzene rings is 2. The number of anilines is 1. The van der Waals surface area contributed by atoms with E-state index in [2.05, 4.69) is 17.2 Å². The number of amides is 3. The van der Waals surface area contributed by atoms with Gasteiger partial charge in [-0.1, -0.05) is 24.3 Å². The molecule has 0 radical (unpaired) electrons. The fraction of sp³-hybridized carbons (Fsp3) is 0.269. The van der Waals surface area contributed by atoms with Gasteiger partial charge in [0.15, 0.2) is 0 Å². The van der Waals surface area contributed by atoms with Crippen LogP contribution in [0.25, 0.3) is 0 Å². The quantitative estimate of drug-likeness (QED) is 0.623. The number of rotatable bonds is 4. The van der Waals surface area contributed by atoms with Crippen molar-refractivity contribution in [2.45, 2.75) is 20.3 Å². The van der Waals surface area contributed by atoms with Crippen LogP contribution >= 0.6 is 0 Å². The first kappa shape index (κ1) is 22.3. The molecular weight excluding hydrogens is 416 g/mol. The van der Waals surface area contributed by atoms with E-state index in [-0.39, 0.29) is 11.9 Å². The number of carbonyl (C=O) groups is 2. The number of hydrogen-bond donors (Lipinski definition) is 1. The van der Waals surface area contributed by atoms with Gasteiger partial charge in [-0.2, -0.15) is 0 Å². The molecule has 1 N–H and O–H groups in total. The summed E-state index contributed by atoms with van der Waals surface area (Å²) >= 11 is 0. The Balaban J connectivity index is 1.31. The third-order valence-corrected chi connectivity index (χ3v) is 5.78. The smallest absolute Gasteiger partial charge is 0.321 e. The fourth-order valence-electron chi connectivity index (χ4n) is 3.70. The summed E-state index contributed by atoms with van der Waals surface area (Å²) in [5.74, 6) is 1.18. The summed E-state index contributed by atoms with van der Waals surface area (Å²) < 4.78 is 5.81. The zero-order chi connectivity index (χ0) is 23.2. The summed E-state index contributed by atoms with van der Waals surface area (Å²) in [4.78, 5) is 33.3. The van der Waals surface area contributed by atoms with Crippen LogP contribution in [0, 0.1) is 13.8 Å². The van der Waals surface area contributed by atoms with Crippen molar-refractivity contribution in [2.24, 2.45) is 0 Å². The van der Waals surface area contributed by atoms with Gasteiger partial charge in [0.25, 0.3) is 5.91 Å². The number of ether oxygens (including phenoxy) is 1. The molecule has 3 amide bonds. The van der Waals surface area contributed by atoms with Gasteiger partial charge in [-0.15, -0.1) is 0 Å². The van der Waals surface area contributed by atoms with E-state index in [1.165, 1.54) is 5.56 Å². The Morgan fingerprint density at radius 3 is 2.36 bits per heavy atom. The molecule has 0 saturated carbocycles. The molecular formula is C26H28N4O3. The Bertz CT molecular complexity index is 1120. The summed E-state index contributed by atoms with van der Waals surface area (Å²) in [6.45, 7) is 6.29.